The number of carbonyl (C=O) groups excluding carboxylic acids is 2. The van der Waals surface area contributed by atoms with E-state index in [1.165, 1.54) is 18.2 Å². The second-order valence-electron chi connectivity index (χ2n) is 11.1. The van der Waals surface area contributed by atoms with Crippen molar-refractivity contribution < 1.29 is 24.2 Å². The van der Waals surface area contributed by atoms with Gasteiger partial charge in [0, 0.05) is 25.4 Å². The number of nitrogens with one attached hydrogen (secondary N) is 2. The number of benzene rings is 4. The van der Waals surface area contributed by atoms with Crippen LogP contribution in [0.5, 0.6) is 5.75 Å². The minimum Gasteiger partial charge on any atom is -0.506 e. The Balaban J connectivity index is 1.24. The summed E-state index contributed by atoms with van der Waals surface area (Å²) in [5.41, 5.74) is 12.8. The van der Waals surface area contributed by atoms with Crippen molar-refractivity contribution in [3.63, 3.8) is 0 Å². The van der Waals surface area contributed by atoms with Gasteiger partial charge >= 0.3 is 11.9 Å². The fraction of sp³-hybridized carbons (Fsp3) is 0.222. The third-order valence-electron chi connectivity index (χ3n) is 6.89. The number of ether oxygens (including phenoxy) is 2. The molecule has 0 saturated carbocycles. The van der Waals surface area contributed by atoms with Gasteiger partial charge in [-0.3, -0.25) is 0 Å². The van der Waals surface area contributed by atoms with Gasteiger partial charge in [-0.15, -0.1) is 5.11 Å². The summed E-state index contributed by atoms with van der Waals surface area (Å²) in [6.07, 6.45) is 1.06. The molecule has 0 saturated heterocycles. The van der Waals surface area contributed by atoms with Crippen LogP contribution < -0.4 is 15.8 Å². The highest BCUT2D eigenvalue weighted by Crippen LogP contribution is 2.31. The summed E-state index contributed by atoms with van der Waals surface area (Å²) in [6.45, 7) is 7.36. The maximum Gasteiger partial charge on any atom is 0.338 e. The predicted molar refractivity (Wildman–Crippen MR) is 187 cm³/mol. The number of hydrogen-bond donors (Lipinski definition) is 3. The van der Waals surface area contributed by atoms with E-state index >= 15 is 0 Å². The first-order chi connectivity index (χ1) is 23.1. The highest BCUT2D eigenvalue weighted by Gasteiger charge is 2.11. The molecule has 48 heavy (non-hydrogen) atoms. The fourth-order valence-electron chi connectivity index (χ4n) is 4.12. The number of hydrazine groups is 1. The van der Waals surface area contributed by atoms with E-state index in [1.54, 1.807) is 13.0 Å². The summed E-state index contributed by atoms with van der Waals surface area (Å²) in [6, 6.07) is 25.2. The van der Waals surface area contributed by atoms with Crippen molar-refractivity contribution in [2.75, 3.05) is 43.1 Å². The first-order valence-corrected chi connectivity index (χ1v) is 15.3. The molecule has 248 valence electrons. The molecular weight excluding hydrogens is 610 g/mol. The van der Waals surface area contributed by atoms with Gasteiger partial charge in [0.25, 0.3) is 0 Å². The molecule has 0 aromatic heterocycles. The summed E-state index contributed by atoms with van der Waals surface area (Å²) in [5.74, 6) is -1.23. The molecule has 0 aliphatic carbocycles. The van der Waals surface area contributed by atoms with Gasteiger partial charge in [0.2, 0.25) is 0 Å². The van der Waals surface area contributed by atoms with Gasteiger partial charge in [-0.05, 0) is 117 Å². The first kappa shape index (κ1) is 34.8. The molecule has 0 radical (unpaired) electrons. The van der Waals surface area contributed by atoms with Crippen molar-refractivity contribution in [3.8, 4) is 5.75 Å². The quantitative estimate of drug-likeness (QED) is 0.0379. The minimum absolute atomic E-state index is 0.151. The Hall–Kier alpha value is -6.04. The average molecular weight is 650 g/mol. The van der Waals surface area contributed by atoms with Gasteiger partial charge < -0.3 is 30.3 Å². The highest BCUT2D eigenvalue weighted by atomic mass is 16.5. The number of anilines is 3. The van der Waals surface area contributed by atoms with Crippen LogP contribution in [0.25, 0.3) is 0 Å². The van der Waals surface area contributed by atoms with Gasteiger partial charge in [0.15, 0.2) is 0 Å². The van der Waals surface area contributed by atoms with Crippen molar-refractivity contribution in [3.05, 3.63) is 108 Å². The second kappa shape index (κ2) is 17.0. The van der Waals surface area contributed by atoms with Gasteiger partial charge in [-0.2, -0.15) is 15.3 Å². The van der Waals surface area contributed by atoms with Gasteiger partial charge in [0.1, 0.15) is 11.4 Å². The highest BCUT2D eigenvalue weighted by molar-refractivity contribution is 5.90. The zero-order valence-electron chi connectivity index (χ0n) is 27.4. The molecule has 0 heterocycles. The Morgan fingerprint density at radius 3 is 1.92 bits per heavy atom. The number of carbonyl (C=O) groups is 2. The summed E-state index contributed by atoms with van der Waals surface area (Å²) < 4.78 is 10.2. The zero-order valence-corrected chi connectivity index (χ0v) is 27.4. The number of hydrogen-bond acceptors (Lipinski definition) is 12. The molecule has 0 aliphatic rings. The maximum absolute atomic E-state index is 12.3. The van der Waals surface area contributed by atoms with E-state index in [-0.39, 0.29) is 30.2 Å². The Morgan fingerprint density at radius 2 is 1.31 bits per heavy atom. The van der Waals surface area contributed by atoms with E-state index in [4.69, 9.17) is 9.47 Å². The normalized spacial score (nSPS) is 11.0. The number of aromatic hydroxyl groups is 1. The van der Waals surface area contributed by atoms with Crippen LogP contribution in [0.4, 0.5) is 39.8 Å². The predicted octanol–water partition coefficient (Wildman–Crippen LogP) is 9.09. The SMILES string of the molecule is C=C(C)C(=O)OCCCCOC(=O)c1ccc(/N=N/c2ccc(NNc3ccc(/N=N/c4ccc(N(C)C)cc4)cc3)cc2C)c(O)c1. The molecule has 0 unspecified atom stereocenters. The van der Waals surface area contributed by atoms with Crippen LogP contribution in [-0.2, 0) is 14.3 Å². The lowest BCUT2D eigenvalue weighted by Gasteiger charge is -2.11. The summed E-state index contributed by atoms with van der Waals surface area (Å²) >= 11 is 0. The van der Waals surface area contributed by atoms with E-state index in [0.717, 1.165) is 34.0 Å². The lowest BCUT2D eigenvalue weighted by atomic mass is 10.2. The summed E-state index contributed by atoms with van der Waals surface area (Å²) in [4.78, 5) is 25.7. The minimum atomic E-state index is -0.580. The Bertz CT molecular complexity index is 1790. The van der Waals surface area contributed by atoms with Crippen LogP contribution in [0.2, 0.25) is 0 Å². The lowest BCUT2D eigenvalue weighted by Crippen LogP contribution is -2.09. The lowest BCUT2D eigenvalue weighted by molar-refractivity contribution is -0.139. The number of unbranched alkanes of at least 4 members (excludes halogenated alkanes) is 1. The smallest absolute Gasteiger partial charge is 0.338 e. The van der Waals surface area contributed by atoms with E-state index in [9.17, 15) is 14.7 Å². The molecule has 0 spiro atoms. The van der Waals surface area contributed by atoms with Gasteiger partial charge in [-0.1, -0.05) is 6.58 Å². The van der Waals surface area contributed by atoms with Crippen LogP contribution in [0, 0.1) is 6.92 Å². The summed E-state index contributed by atoms with van der Waals surface area (Å²) in [5, 5.41) is 27.5. The Kier molecular flexibility index (Phi) is 12.4. The van der Waals surface area contributed by atoms with Crippen LogP contribution in [0.15, 0.2) is 118 Å². The molecule has 0 bridgehead atoms. The number of aryl methyl sites for hydroxylation is 1. The molecule has 12 heteroatoms. The van der Waals surface area contributed by atoms with Crippen LogP contribution >= 0.6 is 0 Å². The molecule has 0 atom stereocenters. The molecule has 4 aromatic carbocycles. The van der Waals surface area contributed by atoms with Crippen molar-refractivity contribution in [2.45, 2.75) is 26.7 Å². The standard InChI is InChI=1S/C36H39N7O5/c1-24(2)35(45)47-20-6-7-21-48-36(46)26-8-18-33(34(44)23-26)42-41-32-19-15-30(22-25(32)3)40-39-28-11-9-27(10-12-28)37-38-29-13-16-31(17-14-29)43(4)5/h8-19,22-23,39-40,44H,1,6-7,20-21H2,2-5H3/b38-37+,42-41+. The van der Waals surface area contributed by atoms with Crippen molar-refractivity contribution >= 4 is 51.8 Å². The third-order valence-corrected chi connectivity index (χ3v) is 6.89. The Labute approximate surface area is 279 Å². The fourth-order valence-corrected chi connectivity index (χ4v) is 4.12. The number of phenols is 1. The molecule has 3 N–H and O–H groups in total. The van der Waals surface area contributed by atoms with E-state index in [2.05, 4.69) is 37.9 Å². The van der Waals surface area contributed by atoms with Gasteiger partial charge in [-0.25, -0.2) is 9.59 Å². The summed E-state index contributed by atoms with van der Waals surface area (Å²) in [7, 11) is 3.98. The third kappa shape index (κ3) is 10.5. The van der Waals surface area contributed by atoms with Crippen molar-refractivity contribution in [1.82, 2.24) is 0 Å². The molecular formula is C36H39N7O5. The van der Waals surface area contributed by atoms with E-state index < -0.39 is 11.9 Å². The largest absolute Gasteiger partial charge is 0.506 e. The van der Waals surface area contributed by atoms with Crippen molar-refractivity contribution in [2.24, 2.45) is 20.5 Å². The van der Waals surface area contributed by atoms with E-state index in [1.807, 2.05) is 86.6 Å². The number of nitrogens with zero attached hydrogens (tertiary/aromatic N) is 5. The van der Waals surface area contributed by atoms with E-state index in [0.29, 0.717) is 24.1 Å². The molecule has 4 aromatic rings. The molecule has 12 nitrogen and oxygen atoms in total. The van der Waals surface area contributed by atoms with Gasteiger partial charge in [0.05, 0.1) is 47.2 Å². The topological polar surface area (TPSA) is 150 Å². The molecule has 4 rings (SSSR count). The average Bonchev–Trinajstić information content (AvgIpc) is 3.08. The number of rotatable bonds is 15. The number of phenolic OH excluding ortho intramolecular Hbond substituents is 1. The number of azo groups is 2. The number of esters is 2. The first-order valence-electron chi connectivity index (χ1n) is 15.3. The maximum atomic E-state index is 12.3. The molecule has 0 amide bonds. The monoisotopic (exact) mass is 649 g/mol. The Morgan fingerprint density at radius 1 is 0.750 bits per heavy atom. The van der Waals surface area contributed by atoms with Crippen LogP contribution in [0.1, 0.15) is 35.7 Å². The van der Waals surface area contributed by atoms with Crippen molar-refractivity contribution in [1.29, 1.82) is 0 Å². The second-order valence-corrected chi connectivity index (χ2v) is 11.1. The van der Waals surface area contributed by atoms with Crippen LogP contribution in [0.3, 0.4) is 0 Å². The molecule has 0 fully saturated rings. The zero-order chi connectivity index (χ0) is 34.5. The molecule has 0 aliphatic heterocycles. The van der Waals surface area contributed by atoms with Crippen LogP contribution in [-0.4, -0.2) is 44.4 Å².